The highest BCUT2D eigenvalue weighted by molar-refractivity contribution is 5.83. The number of hydrogen-bond donors (Lipinski definition) is 0. The second-order valence-electron chi connectivity index (χ2n) is 6.36. The van der Waals surface area contributed by atoms with Gasteiger partial charge in [-0.15, -0.1) is 0 Å². The standard InChI is InChI=1S/C19H13N5O2/c20-11-19(12-21)17(13-5-3-6-15(8-13)24(25)26)9-18-16-7-2-1-4-14(16)10-22-23(18)19/h1-8,10,17-18H,9H2/t17-,18-/m1/s1. The van der Waals surface area contributed by atoms with Gasteiger partial charge in [0.2, 0.25) is 5.54 Å². The van der Waals surface area contributed by atoms with Crippen molar-refractivity contribution >= 4 is 11.9 Å². The summed E-state index contributed by atoms with van der Waals surface area (Å²) in [5.41, 5.74) is 0.998. The first-order chi connectivity index (χ1) is 12.6. The number of rotatable bonds is 2. The molecule has 2 aliphatic heterocycles. The lowest BCUT2D eigenvalue weighted by Crippen LogP contribution is -2.43. The Morgan fingerprint density at radius 2 is 1.96 bits per heavy atom. The summed E-state index contributed by atoms with van der Waals surface area (Å²) >= 11 is 0. The Balaban J connectivity index is 1.86. The Morgan fingerprint density at radius 3 is 2.69 bits per heavy atom. The van der Waals surface area contributed by atoms with Gasteiger partial charge in [0, 0.05) is 18.1 Å². The quantitative estimate of drug-likeness (QED) is 0.614. The summed E-state index contributed by atoms with van der Waals surface area (Å²) < 4.78 is 0. The number of hydrogen-bond acceptors (Lipinski definition) is 6. The maximum Gasteiger partial charge on any atom is 0.269 e. The fourth-order valence-corrected chi connectivity index (χ4v) is 3.90. The second-order valence-corrected chi connectivity index (χ2v) is 6.36. The average Bonchev–Trinajstić information content (AvgIpc) is 3.03. The van der Waals surface area contributed by atoms with Crippen LogP contribution in [0.25, 0.3) is 0 Å². The van der Waals surface area contributed by atoms with Crippen LogP contribution in [0.4, 0.5) is 5.69 Å². The van der Waals surface area contributed by atoms with Crippen molar-refractivity contribution in [2.45, 2.75) is 23.9 Å². The van der Waals surface area contributed by atoms with Gasteiger partial charge in [-0.05, 0) is 23.1 Å². The molecule has 0 spiro atoms. The number of fused-ring (bicyclic) bond motifs is 3. The number of nitriles is 2. The highest BCUT2D eigenvalue weighted by Crippen LogP contribution is 2.53. The summed E-state index contributed by atoms with van der Waals surface area (Å²) in [5.74, 6) is -0.509. The number of benzene rings is 2. The summed E-state index contributed by atoms with van der Waals surface area (Å²) in [4.78, 5) is 10.7. The van der Waals surface area contributed by atoms with Gasteiger partial charge < -0.3 is 0 Å². The van der Waals surface area contributed by atoms with Crippen molar-refractivity contribution < 1.29 is 4.92 Å². The second kappa shape index (κ2) is 5.68. The molecule has 26 heavy (non-hydrogen) atoms. The number of non-ortho nitro benzene ring substituents is 1. The molecule has 1 fully saturated rings. The van der Waals surface area contributed by atoms with Crippen molar-refractivity contribution in [3.8, 4) is 12.1 Å². The number of nitro groups is 1. The third-order valence-electron chi connectivity index (χ3n) is 5.12. The SMILES string of the molecule is N#CC1(C#N)[C@@H](c2cccc([N+](=O)[O-])c2)C[C@@H]2c3ccccc3C=NN21. The first kappa shape index (κ1) is 15.8. The monoisotopic (exact) mass is 343 g/mol. The molecule has 0 aromatic heterocycles. The summed E-state index contributed by atoms with van der Waals surface area (Å²) in [6.07, 6.45) is 2.14. The number of nitro benzene ring substituents is 1. The summed E-state index contributed by atoms with van der Waals surface area (Å²) in [6.45, 7) is 0. The molecule has 0 bridgehead atoms. The van der Waals surface area contributed by atoms with Crippen LogP contribution < -0.4 is 0 Å². The van der Waals surface area contributed by atoms with Crippen molar-refractivity contribution in [1.82, 2.24) is 5.01 Å². The van der Waals surface area contributed by atoms with Gasteiger partial charge in [0.15, 0.2) is 0 Å². The van der Waals surface area contributed by atoms with Gasteiger partial charge in [-0.2, -0.15) is 15.6 Å². The zero-order valence-electron chi connectivity index (χ0n) is 13.6. The maximum absolute atomic E-state index is 11.1. The summed E-state index contributed by atoms with van der Waals surface area (Å²) in [5, 5.41) is 36.9. The third-order valence-corrected chi connectivity index (χ3v) is 5.12. The van der Waals surface area contributed by atoms with Crippen LogP contribution in [0.3, 0.4) is 0 Å². The van der Waals surface area contributed by atoms with E-state index in [4.69, 9.17) is 0 Å². The van der Waals surface area contributed by atoms with Crippen LogP contribution in [0.5, 0.6) is 0 Å². The molecule has 2 atom stereocenters. The van der Waals surface area contributed by atoms with E-state index in [2.05, 4.69) is 17.2 Å². The van der Waals surface area contributed by atoms with Gasteiger partial charge in [0.25, 0.3) is 5.69 Å². The molecule has 7 heteroatoms. The molecular formula is C19H13N5O2. The van der Waals surface area contributed by atoms with E-state index in [9.17, 15) is 20.6 Å². The maximum atomic E-state index is 11.1. The third kappa shape index (κ3) is 2.08. The molecule has 2 aliphatic rings. The molecule has 2 heterocycles. The van der Waals surface area contributed by atoms with E-state index in [0.717, 1.165) is 11.1 Å². The van der Waals surface area contributed by atoms with Gasteiger partial charge in [0.1, 0.15) is 12.1 Å². The minimum Gasteiger partial charge on any atom is -0.258 e. The number of nitrogens with zero attached hydrogens (tertiary/aromatic N) is 5. The van der Waals surface area contributed by atoms with Crippen LogP contribution in [0, 0.1) is 32.8 Å². The Morgan fingerprint density at radius 1 is 1.19 bits per heavy atom. The van der Waals surface area contributed by atoms with Gasteiger partial charge in [-0.25, -0.2) is 0 Å². The Labute approximate surface area is 149 Å². The molecular weight excluding hydrogens is 330 g/mol. The van der Waals surface area contributed by atoms with E-state index in [1.165, 1.54) is 12.1 Å². The van der Waals surface area contributed by atoms with Crippen LogP contribution in [0.1, 0.15) is 35.1 Å². The molecule has 1 saturated heterocycles. The van der Waals surface area contributed by atoms with Crippen LogP contribution in [-0.2, 0) is 0 Å². The molecule has 0 saturated carbocycles. The molecule has 0 aliphatic carbocycles. The van der Waals surface area contributed by atoms with Crippen molar-refractivity contribution in [1.29, 1.82) is 10.5 Å². The van der Waals surface area contributed by atoms with E-state index in [-0.39, 0.29) is 11.7 Å². The van der Waals surface area contributed by atoms with Crippen LogP contribution >= 0.6 is 0 Å². The molecule has 2 aromatic carbocycles. The molecule has 0 radical (unpaired) electrons. The predicted octanol–water partition coefficient (Wildman–Crippen LogP) is 3.26. The van der Waals surface area contributed by atoms with Crippen LogP contribution in [0.2, 0.25) is 0 Å². The first-order valence-electron chi connectivity index (χ1n) is 8.10. The van der Waals surface area contributed by atoms with Crippen molar-refractivity contribution in [2.24, 2.45) is 5.10 Å². The molecule has 0 N–H and O–H groups in total. The Kier molecular flexibility index (Phi) is 3.45. The Hall–Kier alpha value is -3.71. The minimum atomic E-state index is -1.51. The fourth-order valence-electron chi connectivity index (χ4n) is 3.90. The summed E-state index contributed by atoms with van der Waals surface area (Å²) in [6, 6.07) is 17.9. The number of hydrazone groups is 1. The van der Waals surface area contributed by atoms with E-state index in [1.54, 1.807) is 23.4 Å². The van der Waals surface area contributed by atoms with Crippen molar-refractivity contribution in [3.05, 3.63) is 75.3 Å². The van der Waals surface area contributed by atoms with E-state index < -0.39 is 16.4 Å². The van der Waals surface area contributed by atoms with Crippen molar-refractivity contribution in [2.75, 3.05) is 0 Å². The van der Waals surface area contributed by atoms with Crippen LogP contribution in [-0.4, -0.2) is 21.7 Å². The largest absolute Gasteiger partial charge is 0.269 e. The van der Waals surface area contributed by atoms with E-state index >= 15 is 0 Å². The minimum absolute atomic E-state index is 0.0546. The van der Waals surface area contributed by atoms with Gasteiger partial charge in [-0.1, -0.05) is 36.4 Å². The lowest BCUT2D eigenvalue weighted by atomic mass is 9.81. The Bertz CT molecular complexity index is 1000. The molecule has 2 aromatic rings. The average molecular weight is 343 g/mol. The van der Waals surface area contributed by atoms with Crippen LogP contribution in [0.15, 0.2) is 53.6 Å². The molecule has 0 unspecified atom stereocenters. The molecule has 4 rings (SSSR count). The fraction of sp³-hybridized carbons (Fsp3) is 0.211. The smallest absolute Gasteiger partial charge is 0.258 e. The lowest BCUT2D eigenvalue weighted by Gasteiger charge is -2.33. The van der Waals surface area contributed by atoms with Gasteiger partial charge in [-0.3, -0.25) is 15.1 Å². The summed E-state index contributed by atoms with van der Waals surface area (Å²) in [7, 11) is 0. The zero-order valence-corrected chi connectivity index (χ0v) is 13.6. The van der Waals surface area contributed by atoms with E-state index in [1.807, 2.05) is 24.3 Å². The first-order valence-corrected chi connectivity index (χ1v) is 8.10. The van der Waals surface area contributed by atoms with Crippen molar-refractivity contribution in [3.63, 3.8) is 0 Å². The highest BCUT2D eigenvalue weighted by Gasteiger charge is 2.57. The predicted molar refractivity (Wildman–Crippen MR) is 93.0 cm³/mol. The van der Waals surface area contributed by atoms with E-state index in [0.29, 0.717) is 12.0 Å². The lowest BCUT2D eigenvalue weighted by molar-refractivity contribution is -0.384. The van der Waals surface area contributed by atoms with Gasteiger partial charge >= 0.3 is 0 Å². The zero-order chi connectivity index (χ0) is 18.3. The highest BCUT2D eigenvalue weighted by atomic mass is 16.6. The molecule has 7 nitrogen and oxygen atoms in total. The normalized spacial score (nSPS) is 22.0. The molecule has 0 amide bonds. The van der Waals surface area contributed by atoms with Gasteiger partial charge in [0.05, 0.1) is 17.2 Å². The molecule has 126 valence electrons. The topological polar surface area (TPSA) is 106 Å².